The molecule has 26 heavy (non-hydrogen) atoms. The number of hydrogen-bond acceptors (Lipinski definition) is 4. The van der Waals surface area contributed by atoms with E-state index in [9.17, 15) is 4.79 Å². The van der Waals surface area contributed by atoms with E-state index in [1.54, 1.807) is 7.11 Å². The average Bonchev–Trinajstić information content (AvgIpc) is 2.73. The largest absolute Gasteiger partial charge is 0.497 e. The first kappa shape index (κ1) is 16.5. The quantitative estimate of drug-likeness (QED) is 0.791. The molecule has 0 radical (unpaired) electrons. The lowest BCUT2D eigenvalue weighted by molar-refractivity contribution is 0.0628. The van der Waals surface area contributed by atoms with E-state index in [-0.39, 0.29) is 11.9 Å². The number of carbonyl (C=O) groups is 1. The lowest BCUT2D eigenvalue weighted by atomic mass is 10.0. The van der Waals surface area contributed by atoms with Gasteiger partial charge in [-0.1, -0.05) is 36.4 Å². The molecule has 0 saturated carbocycles. The number of fused-ring (bicyclic) bond motifs is 1. The predicted octanol–water partition coefficient (Wildman–Crippen LogP) is 3.03. The SMILES string of the molecule is COc1ccc([C@@H]2CNCCN2C(=O)c2ccc3ccccc3n2)cc1. The zero-order valence-electron chi connectivity index (χ0n) is 14.7. The number of benzene rings is 2. The van der Waals surface area contributed by atoms with E-state index >= 15 is 0 Å². The van der Waals surface area contributed by atoms with Gasteiger partial charge in [-0.25, -0.2) is 4.98 Å². The second-order valence-electron chi connectivity index (χ2n) is 6.38. The second kappa shape index (κ2) is 7.14. The minimum absolute atomic E-state index is 0.0181. The first-order chi connectivity index (χ1) is 12.8. The van der Waals surface area contributed by atoms with Crippen molar-refractivity contribution in [3.05, 3.63) is 71.9 Å². The summed E-state index contributed by atoms with van der Waals surface area (Å²) in [5.74, 6) is 0.782. The van der Waals surface area contributed by atoms with Crippen molar-refractivity contribution in [1.82, 2.24) is 15.2 Å². The van der Waals surface area contributed by atoms with E-state index in [0.717, 1.165) is 35.3 Å². The van der Waals surface area contributed by atoms with Crippen molar-refractivity contribution in [1.29, 1.82) is 0 Å². The van der Waals surface area contributed by atoms with Crippen LogP contribution in [-0.2, 0) is 0 Å². The first-order valence-corrected chi connectivity index (χ1v) is 8.78. The lowest BCUT2D eigenvalue weighted by Gasteiger charge is -2.36. The first-order valence-electron chi connectivity index (χ1n) is 8.78. The standard InChI is InChI=1S/C21H21N3O2/c1-26-17-9-6-16(7-10-17)20-14-22-12-13-24(20)21(25)19-11-8-15-4-2-3-5-18(15)23-19/h2-11,20,22H,12-14H2,1H3/t20-/m0/s1. The second-order valence-corrected chi connectivity index (χ2v) is 6.38. The number of carbonyl (C=O) groups excluding carboxylic acids is 1. The van der Waals surface area contributed by atoms with E-state index in [0.29, 0.717) is 12.2 Å². The number of aromatic nitrogens is 1. The van der Waals surface area contributed by atoms with Crippen molar-refractivity contribution in [2.45, 2.75) is 6.04 Å². The highest BCUT2D eigenvalue weighted by atomic mass is 16.5. The van der Waals surface area contributed by atoms with Crippen LogP contribution in [0.3, 0.4) is 0 Å². The summed E-state index contributed by atoms with van der Waals surface area (Å²) < 4.78 is 5.23. The van der Waals surface area contributed by atoms with Gasteiger partial charge in [0.2, 0.25) is 0 Å². The normalized spacial score (nSPS) is 17.3. The molecule has 0 aliphatic carbocycles. The van der Waals surface area contributed by atoms with Gasteiger partial charge in [0.15, 0.2) is 0 Å². The van der Waals surface area contributed by atoms with Gasteiger partial charge in [-0.2, -0.15) is 0 Å². The van der Waals surface area contributed by atoms with Crippen LogP contribution in [-0.4, -0.2) is 42.5 Å². The minimum Gasteiger partial charge on any atom is -0.497 e. The fourth-order valence-corrected chi connectivity index (χ4v) is 3.40. The molecule has 1 atom stereocenters. The number of amides is 1. The maximum atomic E-state index is 13.2. The fraction of sp³-hybridized carbons (Fsp3) is 0.238. The molecule has 1 amide bonds. The number of nitrogens with zero attached hydrogens (tertiary/aromatic N) is 2. The highest BCUT2D eigenvalue weighted by molar-refractivity contribution is 5.95. The number of piperazine rings is 1. The van der Waals surface area contributed by atoms with Crippen LogP contribution in [0.1, 0.15) is 22.1 Å². The van der Waals surface area contributed by atoms with Gasteiger partial charge >= 0.3 is 0 Å². The van der Waals surface area contributed by atoms with Crippen molar-refractivity contribution < 1.29 is 9.53 Å². The Morgan fingerprint density at radius 1 is 1.12 bits per heavy atom. The van der Waals surface area contributed by atoms with Crippen LogP contribution < -0.4 is 10.1 Å². The van der Waals surface area contributed by atoms with Gasteiger partial charge in [-0.3, -0.25) is 4.79 Å². The van der Waals surface area contributed by atoms with Gasteiger partial charge in [-0.15, -0.1) is 0 Å². The Balaban J connectivity index is 1.64. The molecule has 0 spiro atoms. The molecular formula is C21H21N3O2. The third-order valence-electron chi connectivity index (χ3n) is 4.82. The van der Waals surface area contributed by atoms with Gasteiger partial charge in [0.05, 0.1) is 18.7 Å². The van der Waals surface area contributed by atoms with E-state index in [1.165, 1.54) is 0 Å². The van der Waals surface area contributed by atoms with Crippen LogP contribution in [0.25, 0.3) is 10.9 Å². The molecule has 4 rings (SSSR count). The molecule has 2 heterocycles. The molecule has 132 valence electrons. The number of ether oxygens (including phenoxy) is 1. The van der Waals surface area contributed by atoms with Crippen LogP contribution in [0.2, 0.25) is 0 Å². The third kappa shape index (κ3) is 3.13. The Morgan fingerprint density at radius 3 is 2.73 bits per heavy atom. The third-order valence-corrected chi connectivity index (χ3v) is 4.82. The van der Waals surface area contributed by atoms with Gasteiger partial charge < -0.3 is 15.0 Å². The summed E-state index contributed by atoms with van der Waals surface area (Å²) >= 11 is 0. The van der Waals surface area contributed by atoms with Crippen molar-refractivity contribution in [3.8, 4) is 5.75 Å². The summed E-state index contributed by atoms with van der Waals surface area (Å²) in [5, 5.41) is 4.42. The molecule has 1 aromatic heterocycles. The molecule has 1 aliphatic heterocycles. The Kier molecular flexibility index (Phi) is 4.54. The predicted molar refractivity (Wildman–Crippen MR) is 101 cm³/mol. The Labute approximate surface area is 152 Å². The monoisotopic (exact) mass is 347 g/mol. The van der Waals surface area contributed by atoms with Crippen LogP contribution in [0, 0.1) is 0 Å². The molecule has 0 unspecified atom stereocenters. The van der Waals surface area contributed by atoms with Crippen LogP contribution in [0.15, 0.2) is 60.7 Å². The van der Waals surface area contributed by atoms with Crippen molar-refractivity contribution in [3.63, 3.8) is 0 Å². The molecule has 3 aromatic rings. The average molecular weight is 347 g/mol. The molecule has 5 heteroatoms. The van der Waals surface area contributed by atoms with Gasteiger partial charge in [0.25, 0.3) is 5.91 Å². The van der Waals surface area contributed by atoms with Gasteiger partial charge in [0.1, 0.15) is 11.4 Å². The van der Waals surface area contributed by atoms with Crippen molar-refractivity contribution >= 4 is 16.8 Å². The summed E-state index contributed by atoms with van der Waals surface area (Å²) in [4.78, 5) is 19.6. The number of rotatable bonds is 3. The van der Waals surface area contributed by atoms with Crippen LogP contribution in [0.4, 0.5) is 0 Å². The maximum Gasteiger partial charge on any atom is 0.273 e. The number of hydrogen-bond donors (Lipinski definition) is 1. The number of nitrogens with one attached hydrogen (secondary N) is 1. The van der Waals surface area contributed by atoms with Crippen molar-refractivity contribution in [2.24, 2.45) is 0 Å². The van der Waals surface area contributed by atoms with Crippen molar-refractivity contribution in [2.75, 3.05) is 26.7 Å². The number of methoxy groups -OCH3 is 1. The minimum atomic E-state index is -0.0296. The van der Waals surface area contributed by atoms with E-state index in [2.05, 4.69) is 10.3 Å². The molecule has 1 fully saturated rings. The number of para-hydroxylation sites is 1. The van der Waals surface area contributed by atoms with E-state index < -0.39 is 0 Å². The zero-order valence-corrected chi connectivity index (χ0v) is 14.7. The summed E-state index contributed by atoms with van der Waals surface area (Å²) in [6.45, 7) is 2.17. The van der Waals surface area contributed by atoms with Gasteiger partial charge in [-0.05, 0) is 29.8 Å². The molecule has 5 nitrogen and oxygen atoms in total. The summed E-state index contributed by atoms with van der Waals surface area (Å²) in [5.41, 5.74) is 2.42. The molecule has 1 saturated heterocycles. The fourth-order valence-electron chi connectivity index (χ4n) is 3.40. The molecule has 1 aliphatic rings. The zero-order chi connectivity index (χ0) is 17.9. The van der Waals surface area contributed by atoms with E-state index in [4.69, 9.17) is 4.74 Å². The lowest BCUT2D eigenvalue weighted by Crippen LogP contribution is -2.48. The summed E-state index contributed by atoms with van der Waals surface area (Å²) in [6, 6.07) is 19.5. The summed E-state index contributed by atoms with van der Waals surface area (Å²) in [6.07, 6.45) is 0. The highest BCUT2D eigenvalue weighted by Gasteiger charge is 2.29. The van der Waals surface area contributed by atoms with Gasteiger partial charge in [0, 0.05) is 25.0 Å². The van der Waals surface area contributed by atoms with Crippen LogP contribution in [0.5, 0.6) is 5.75 Å². The highest BCUT2D eigenvalue weighted by Crippen LogP contribution is 2.26. The van der Waals surface area contributed by atoms with E-state index in [1.807, 2.05) is 65.6 Å². The molecule has 1 N–H and O–H groups in total. The van der Waals surface area contributed by atoms with Crippen LogP contribution >= 0.6 is 0 Å². The Bertz CT molecular complexity index is 924. The summed E-state index contributed by atoms with van der Waals surface area (Å²) in [7, 11) is 1.65. The molecular weight excluding hydrogens is 326 g/mol. The Morgan fingerprint density at radius 2 is 1.92 bits per heavy atom. The molecule has 0 bridgehead atoms. The number of pyridine rings is 1. The maximum absolute atomic E-state index is 13.2. The molecule has 2 aromatic carbocycles. The smallest absolute Gasteiger partial charge is 0.273 e. The Hall–Kier alpha value is -2.92. The topological polar surface area (TPSA) is 54.5 Å².